The molecule has 0 saturated carbocycles. The Balaban J connectivity index is 1.80. The molecule has 0 aromatic carbocycles. The van der Waals surface area contributed by atoms with E-state index in [0.29, 0.717) is 32.7 Å². The molecule has 7 heteroatoms. The number of aryl methyl sites for hydroxylation is 3. The van der Waals surface area contributed by atoms with E-state index >= 15 is 0 Å². The second kappa shape index (κ2) is 7.21. The lowest BCUT2D eigenvalue weighted by Crippen LogP contribution is -2.26. The first kappa shape index (κ1) is 15.5. The summed E-state index contributed by atoms with van der Waals surface area (Å²) in [6.07, 6.45) is 3.04. The largest absolute Gasteiger partial charge is 0.382 e. The molecule has 1 amide bonds. The molecular weight excluding hydrogens is 270 g/mol. The van der Waals surface area contributed by atoms with E-state index in [-0.39, 0.29) is 5.91 Å². The third-order valence-corrected chi connectivity index (χ3v) is 3.35. The minimum Gasteiger partial charge on any atom is -0.382 e. The molecule has 21 heavy (non-hydrogen) atoms. The summed E-state index contributed by atoms with van der Waals surface area (Å²) in [7, 11) is 1.90. The second-order valence-electron chi connectivity index (χ2n) is 4.96. The zero-order valence-corrected chi connectivity index (χ0v) is 12.9. The molecule has 2 aromatic heterocycles. The fourth-order valence-electron chi connectivity index (χ4n) is 2.32. The van der Waals surface area contributed by atoms with Crippen molar-refractivity contribution in [2.24, 2.45) is 7.05 Å². The Morgan fingerprint density at radius 3 is 3.05 bits per heavy atom. The highest BCUT2D eigenvalue weighted by molar-refractivity contribution is 5.78. The van der Waals surface area contributed by atoms with Crippen molar-refractivity contribution in [2.75, 3.05) is 19.8 Å². The van der Waals surface area contributed by atoms with Gasteiger partial charge in [0, 0.05) is 33.2 Å². The summed E-state index contributed by atoms with van der Waals surface area (Å²) in [6.45, 7) is 6.53. The van der Waals surface area contributed by atoms with Gasteiger partial charge in [-0.2, -0.15) is 10.2 Å². The molecule has 0 unspecified atom stereocenters. The first-order valence-corrected chi connectivity index (χ1v) is 7.33. The number of ether oxygens (including phenoxy) is 1. The smallest absolute Gasteiger partial charge is 0.221 e. The summed E-state index contributed by atoms with van der Waals surface area (Å²) in [5.74, 6) is 0.0386. The van der Waals surface area contributed by atoms with Crippen LogP contribution in [0.25, 0.3) is 11.0 Å². The molecule has 0 aliphatic carbocycles. The molecule has 0 bridgehead atoms. The van der Waals surface area contributed by atoms with Gasteiger partial charge >= 0.3 is 0 Å². The highest BCUT2D eigenvalue weighted by Gasteiger charge is 2.12. The standard InChI is InChI=1S/C14H23N5O2/c1-4-21-9-5-7-15-13(20)6-8-19-14-11(2)17-18(3)12(14)10-16-19/h10H,4-9H2,1-3H3,(H,15,20). The normalized spacial score (nSPS) is 11.2. The van der Waals surface area contributed by atoms with Gasteiger partial charge in [-0.15, -0.1) is 0 Å². The SMILES string of the molecule is CCOCCCNC(=O)CCn1ncc2c1c(C)nn2C. The molecule has 2 aromatic rings. The molecule has 0 atom stereocenters. The van der Waals surface area contributed by atoms with Crippen LogP contribution in [0.2, 0.25) is 0 Å². The van der Waals surface area contributed by atoms with Gasteiger partial charge in [-0.3, -0.25) is 14.2 Å². The predicted octanol–water partition coefficient (Wildman–Crippen LogP) is 1.01. The van der Waals surface area contributed by atoms with Crippen molar-refractivity contribution >= 4 is 16.9 Å². The fraction of sp³-hybridized carbons (Fsp3) is 0.643. The van der Waals surface area contributed by atoms with E-state index < -0.39 is 0 Å². The van der Waals surface area contributed by atoms with Crippen LogP contribution in [0.15, 0.2) is 6.20 Å². The molecule has 7 nitrogen and oxygen atoms in total. The highest BCUT2D eigenvalue weighted by Crippen LogP contribution is 2.16. The number of aromatic nitrogens is 4. The van der Waals surface area contributed by atoms with Gasteiger partial charge in [0.1, 0.15) is 11.0 Å². The van der Waals surface area contributed by atoms with Crippen LogP contribution in [0.1, 0.15) is 25.5 Å². The summed E-state index contributed by atoms with van der Waals surface area (Å²) in [4.78, 5) is 11.8. The molecule has 1 N–H and O–H groups in total. The number of amides is 1. The minimum absolute atomic E-state index is 0.0386. The number of fused-ring (bicyclic) bond motifs is 1. The van der Waals surface area contributed by atoms with E-state index in [0.717, 1.165) is 23.1 Å². The molecule has 0 spiro atoms. The number of nitrogens with one attached hydrogen (secondary N) is 1. The average molecular weight is 293 g/mol. The van der Waals surface area contributed by atoms with Crippen molar-refractivity contribution in [3.63, 3.8) is 0 Å². The molecule has 116 valence electrons. The van der Waals surface area contributed by atoms with E-state index in [4.69, 9.17) is 4.74 Å². The van der Waals surface area contributed by atoms with Gasteiger partial charge in [0.05, 0.1) is 18.4 Å². The number of hydrogen-bond acceptors (Lipinski definition) is 4. The van der Waals surface area contributed by atoms with E-state index in [1.807, 2.05) is 30.3 Å². The Hall–Kier alpha value is -1.89. The third-order valence-electron chi connectivity index (χ3n) is 3.35. The lowest BCUT2D eigenvalue weighted by atomic mass is 10.3. The maximum atomic E-state index is 11.8. The Morgan fingerprint density at radius 2 is 2.29 bits per heavy atom. The zero-order valence-electron chi connectivity index (χ0n) is 12.9. The second-order valence-corrected chi connectivity index (χ2v) is 4.96. The molecule has 2 rings (SSSR count). The first-order chi connectivity index (χ1) is 10.1. The van der Waals surface area contributed by atoms with Gasteiger partial charge in [-0.05, 0) is 20.3 Å². The van der Waals surface area contributed by atoms with Crippen molar-refractivity contribution in [1.29, 1.82) is 0 Å². The minimum atomic E-state index is 0.0386. The number of carbonyl (C=O) groups is 1. The molecule has 0 aliphatic rings. The van der Waals surface area contributed by atoms with E-state index in [1.165, 1.54) is 0 Å². The van der Waals surface area contributed by atoms with Gasteiger partial charge in [0.2, 0.25) is 5.91 Å². The summed E-state index contributed by atoms with van der Waals surface area (Å²) in [6, 6.07) is 0. The van der Waals surface area contributed by atoms with Gasteiger partial charge < -0.3 is 10.1 Å². The molecular formula is C14H23N5O2. The lowest BCUT2D eigenvalue weighted by Gasteiger charge is -2.06. The summed E-state index contributed by atoms with van der Waals surface area (Å²) in [5.41, 5.74) is 2.92. The van der Waals surface area contributed by atoms with Crippen molar-refractivity contribution in [1.82, 2.24) is 24.9 Å². The van der Waals surface area contributed by atoms with E-state index in [9.17, 15) is 4.79 Å². The van der Waals surface area contributed by atoms with E-state index in [1.54, 1.807) is 6.20 Å². The maximum Gasteiger partial charge on any atom is 0.221 e. The summed E-state index contributed by atoms with van der Waals surface area (Å²) in [5, 5.41) is 11.6. The van der Waals surface area contributed by atoms with Crippen molar-refractivity contribution in [3.8, 4) is 0 Å². The fourth-order valence-corrected chi connectivity index (χ4v) is 2.32. The van der Waals surface area contributed by atoms with Crippen LogP contribution in [-0.4, -0.2) is 45.2 Å². The molecule has 0 radical (unpaired) electrons. The molecule has 2 heterocycles. The lowest BCUT2D eigenvalue weighted by molar-refractivity contribution is -0.121. The van der Waals surface area contributed by atoms with Crippen LogP contribution in [-0.2, 0) is 23.1 Å². The van der Waals surface area contributed by atoms with Crippen molar-refractivity contribution in [3.05, 3.63) is 11.9 Å². The van der Waals surface area contributed by atoms with Gasteiger partial charge in [-0.1, -0.05) is 0 Å². The quantitative estimate of drug-likeness (QED) is 0.737. The van der Waals surface area contributed by atoms with E-state index in [2.05, 4.69) is 15.5 Å². The number of rotatable bonds is 8. The maximum absolute atomic E-state index is 11.8. The monoisotopic (exact) mass is 293 g/mol. The Morgan fingerprint density at radius 1 is 1.48 bits per heavy atom. The molecule has 0 fully saturated rings. The first-order valence-electron chi connectivity index (χ1n) is 7.33. The third kappa shape index (κ3) is 3.81. The topological polar surface area (TPSA) is 74.0 Å². The number of carbonyl (C=O) groups excluding carboxylic acids is 1. The van der Waals surface area contributed by atoms with Gasteiger partial charge in [-0.25, -0.2) is 0 Å². The van der Waals surface area contributed by atoms with Crippen LogP contribution < -0.4 is 5.32 Å². The van der Waals surface area contributed by atoms with Gasteiger partial charge in [0.15, 0.2) is 0 Å². The number of nitrogens with zero attached hydrogens (tertiary/aromatic N) is 4. The highest BCUT2D eigenvalue weighted by atomic mass is 16.5. The van der Waals surface area contributed by atoms with Crippen LogP contribution in [0.3, 0.4) is 0 Å². The van der Waals surface area contributed by atoms with Crippen LogP contribution in [0.4, 0.5) is 0 Å². The van der Waals surface area contributed by atoms with Crippen LogP contribution in [0.5, 0.6) is 0 Å². The predicted molar refractivity (Wildman–Crippen MR) is 80.0 cm³/mol. The Labute approximate surface area is 124 Å². The molecule has 0 aliphatic heterocycles. The Bertz CT molecular complexity index is 602. The van der Waals surface area contributed by atoms with Crippen molar-refractivity contribution < 1.29 is 9.53 Å². The number of hydrogen-bond donors (Lipinski definition) is 1. The average Bonchev–Trinajstić information content (AvgIpc) is 2.99. The Kier molecular flexibility index (Phi) is 5.32. The van der Waals surface area contributed by atoms with Crippen LogP contribution >= 0.6 is 0 Å². The summed E-state index contributed by atoms with van der Waals surface area (Å²) < 4.78 is 8.88. The van der Waals surface area contributed by atoms with Crippen LogP contribution in [0, 0.1) is 6.92 Å². The van der Waals surface area contributed by atoms with Crippen molar-refractivity contribution in [2.45, 2.75) is 33.2 Å². The van der Waals surface area contributed by atoms with Gasteiger partial charge in [0.25, 0.3) is 0 Å². The molecule has 0 saturated heterocycles. The zero-order chi connectivity index (χ0) is 15.2. The summed E-state index contributed by atoms with van der Waals surface area (Å²) >= 11 is 0.